The van der Waals surface area contributed by atoms with Crippen molar-refractivity contribution in [2.75, 3.05) is 5.32 Å². The van der Waals surface area contributed by atoms with Crippen LogP contribution in [-0.4, -0.2) is 11.9 Å². The van der Waals surface area contributed by atoms with Gasteiger partial charge in [-0.2, -0.15) is 13.2 Å². The summed E-state index contributed by atoms with van der Waals surface area (Å²) in [6, 6.07) is 6.87. The Bertz CT molecular complexity index is 442. The molecule has 0 radical (unpaired) electrons. The molecule has 0 spiro atoms. The molecule has 0 bridgehead atoms. The molecule has 17 heavy (non-hydrogen) atoms. The van der Waals surface area contributed by atoms with Crippen LogP contribution in [0, 0.1) is 0 Å². The smallest absolute Gasteiger partial charge is 0.350 e. The molecule has 0 amide bonds. The third kappa shape index (κ3) is 1.88. The highest BCUT2D eigenvalue weighted by Crippen LogP contribution is 2.46. The predicted octanol–water partition coefficient (Wildman–Crippen LogP) is 3.64. The molecule has 0 saturated carbocycles. The highest BCUT2D eigenvalue weighted by atomic mass is 19.4. The van der Waals surface area contributed by atoms with Gasteiger partial charge in [-0.05, 0) is 26.8 Å². The summed E-state index contributed by atoms with van der Waals surface area (Å²) >= 11 is 0. The number of ether oxygens (including phenoxy) is 1. The van der Waals surface area contributed by atoms with Crippen LogP contribution in [0.3, 0.4) is 0 Å². The largest absolute Gasteiger partial charge is 0.436 e. The molecule has 0 aromatic heterocycles. The first kappa shape index (κ1) is 12.2. The van der Waals surface area contributed by atoms with Gasteiger partial charge in [-0.1, -0.05) is 18.2 Å². The van der Waals surface area contributed by atoms with Gasteiger partial charge in [0, 0.05) is 11.3 Å². The van der Waals surface area contributed by atoms with Crippen molar-refractivity contribution in [3.8, 4) is 0 Å². The molecule has 1 atom stereocenters. The lowest BCUT2D eigenvalue weighted by molar-refractivity contribution is -0.293. The molecule has 1 aliphatic heterocycles. The number of alkyl halides is 3. The second-order valence-electron chi connectivity index (χ2n) is 4.81. The van der Waals surface area contributed by atoms with Gasteiger partial charge in [0.25, 0.3) is 0 Å². The number of rotatable bonds is 0. The summed E-state index contributed by atoms with van der Waals surface area (Å²) in [5, 5.41) is 2.42. The fraction of sp³-hybridized carbons (Fsp3) is 0.500. The topological polar surface area (TPSA) is 21.3 Å². The number of benzene rings is 1. The van der Waals surface area contributed by atoms with Gasteiger partial charge in [-0.3, -0.25) is 0 Å². The zero-order valence-corrected chi connectivity index (χ0v) is 9.85. The number of nitrogens with one attached hydrogen (secondary N) is 1. The zero-order valence-electron chi connectivity index (χ0n) is 9.85. The first-order valence-electron chi connectivity index (χ1n) is 5.30. The van der Waals surface area contributed by atoms with Gasteiger partial charge in [0.2, 0.25) is 5.72 Å². The Morgan fingerprint density at radius 1 is 1.12 bits per heavy atom. The van der Waals surface area contributed by atoms with Crippen LogP contribution in [0.2, 0.25) is 0 Å². The number of halogens is 3. The van der Waals surface area contributed by atoms with Gasteiger partial charge in [0.05, 0.1) is 5.60 Å². The first-order chi connectivity index (χ1) is 7.66. The van der Waals surface area contributed by atoms with Crippen LogP contribution < -0.4 is 5.32 Å². The van der Waals surface area contributed by atoms with Crippen LogP contribution in [-0.2, 0) is 10.3 Å². The summed E-state index contributed by atoms with van der Waals surface area (Å²) < 4.78 is 44.1. The van der Waals surface area contributed by atoms with Crippen molar-refractivity contribution >= 4 is 5.69 Å². The molecule has 1 aliphatic rings. The van der Waals surface area contributed by atoms with Crippen molar-refractivity contribution in [2.24, 2.45) is 0 Å². The van der Waals surface area contributed by atoms with E-state index < -0.39 is 17.5 Å². The Labute approximate surface area is 97.8 Å². The minimum Gasteiger partial charge on any atom is -0.350 e. The van der Waals surface area contributed by atoms with E-state index in [-0.39, 0.29) is 0 Å². The van der Waals surface area contributed by atoms with E-state index in [1.807, 2.05) is 0 Å². The quantitative estimate of drug-likeness (QED) is 0.753. The predicted molar refractivity (Wildman–Crippen MR) is 58.6 cm³/mol. The number of fused-ring (bicyclic) bond motifs is 1. The fourth-order valence-electron chi connectivity index (χ4n) is 2.09. The van der Waals surface area contributed by atoms with Crippen molar-refractivity contribution in [1.82, 2.24) is 0 Å². The van der Waals surface area contributed by atoms with E-state index in [9.17, 15) is 13.2 Å². The summed E-state index contributed by atoms with van der Waals surface area (Å²) in [5.74, 6) is 0. The number of para-hydroxylation sites is 1. The summed E-state index contributed by atoms with van der Waals surface area (Å²) in [4.78, 5) is 0. The van der Waals surface area contributed by atoms with Crippen LogP contribution in [0.25, 0.3) is 0 Å². The molecule has 94 valence electrons. The van der Waals surface area contributed by atoms with Crippen molar-refractivity contribution in [3.05, 3.63) is 29.8 Å². The average molecular weight is 245 g/mol. The van der Waals surface area contributed by atoms with E-state index in [2.05, 4.69) is 5.32 Å². The molecule has 2 nitrogen and oxygen atoms in total. The highest BCUT2D eigenvalue weighted by molar-refractivity contribution is 5.56. The molecular formula is C12H14F3NO. The van der Waals surface area contributed by atoms with E-state index in [1.54, 1.807) is 38.1 Å². The van der Waals surface area contributed by atoms with Crippen molar-refractivity contribution in [3.63, 3.8) is 0 Å². The van der Waals surface area contributed by atoms with Gasteiger partial charge in [-0.25, -0.2) is 0 Å². The second-order valence-corrected chi connectivity index (χ2v) is 4.81. The van der Waals surface area contributed by atoms with E-state index in [1.165, 1.54) is 0 Å². The molecular weight excluding hydrogens is 231 g/mol. The lowest BCUT2D eigenvalue weighted by atomic mass is 9.92. The first-order valence-corrected chi connectivity index (χ1v) is 5.30. The van der Waals surface area contributed by atoms with E-state index in [4.69, 9.17) is 4.74 Å². The van der Waals surface area contributed by atoms with Crippen molar-refractivity contribution < 1.29 is 17.9 Å². The minimum absolute atomic E-state index is 0.462. The maximum absolute atomic E-state index is 13.0. The second kappa shape index (κ2) is 3.38. The zero-order chi connectivity index (χ0) is 12.9. The van der Waals surface area contributed by atoms with E-state index in [0.29, 0.717) is 5.69 Å². The van der Waals surface area contributed by atoms with Gasteiger partial charge >= 0.3 is 6.18 Å². The Hall–Kier alpha value is -1.23. The molecule has 1 aromatic carbocycles. The van der Waals surface area contributed by atoms with Crippen LogP contribution in [0.5, 0.6) is 0 Å². The Morgan fingerprint density at radius 3 is 2.29 bits per heavy atom. The SMILES string of the molecule is CC1(C)OC(C)(C(F)(F)F)Nc2ccccc21. The third-order valence-corrected chi connectivity index (χ3v) is 2.95. The molecule has 1 N–H and O–H groups in total. The average Bonchev–Trinajstić information content (AvgIpc) is 2.14. The van der Waals surface area contributed by atoms with Gasteiger partial charge in [0.15, 0.2) is 0 Å². The number of anilines is 1. The maximum atomic E-state index is 13.0. The molecule has 1 heterocycles. The summed E-state index contributed by atoms with van der Waals surface area (Å²) in [7, 11) is 0. The Morgan fingerprint density at radius 2 is 1.71 bits per heavy atom. The lowest BCUT2D eigenvalue weighted by Gasteiger charge is -2.45. The van der Waals surface area contributed by atoms with Crippen LogP contribution >= 0.6 is 0 Å². The number of hydrogen-bond acceptors (Lipinski definition) is 2. The monoisotopic (exact) mass is 245 g/mol. The molecule has 2 rings (SSSR count). The fourth-order valence-corrected chi connectivity index (χ4v) is 2.09. The highest BCUT2D eigenvalue weighted by Gasteiger charge is 2.57. The standard InChI is InChI=1S/C12H14F3NO/c1-10(2)8-6-4-5-7-9(8)16-11(3,17-10)12(13,14)15/h4-7,16H,1-3H3. The lowest BCUT2D eigenvalue weighted by Crippen LogP contribution is -2.57. The van der Waals surface area contributed by atoms with Gasteiger partial charge < -0.3 is 10.1 Å². The summed E-state index contributed by atoms with van der Waals surface area (Å²) in [5.41, 5.74) is -2.15. The summed E-state index contributed by atoms with van der Waals surface area (Å²) in [6.45, 7) is 4.28. The maximum Gasteiger partial charge on any atom is 0.436 e. The van der Waals surface area contributed by atoms with Crippen LogP contribution in [0.15, 0.2) is 24.3 Å². The number of hydrogen-bond donors (Lipinski definition) is 1. The molecule has 0 aliphatic carbocycles. The van der Waals surface area contributed by atoms with E-state index in [0.717, 1.165) is 12.5 Å². The summed E-state index contributed by atoms with van der Waals surface area (Å²) in [6.07, 6.45) is -4.47. The molecule has 5 heteroatoms. The van der Waals surface area contributed by atoms with Gasteiger partial charge in [0.1, 0.15) is 0 Å². The normalized spacial score (nSPS) is 27.2. The molecule has 0 saturated heterocycles. The minimum atomic E-state index is -4.47. The van der Waals surface area contributed by atoms with E-state index >= 15 is 0 Å². The van der Waals surface area contributed by atoms with Crippen molar-refractivity contribution in [2.45, 2.75) is 38.3 Å². The third-order valence-electron chi connectivity index (χ3n) is 2.95. The van der Waals surface area contributed by atoms with Gasteiger partial charge in [-0.15, -0.1) is 0 Å². The Kier molecular flexibility index (Phi) is 2.43. The molecule has 1 aromatic rings. The Balaban J connectivity index is 2.51. The van der Waals surface area contributed by atoms with Crippen LogP contribution in [0.4, 0.5) is 18.9 Å². The molecule has 1 unspecified atom stereocenters. The molecule has 0 fully saturated rings. The van der Waals surface area contributed by atoms with Crippen LogP contribution in [0.1, 0.15) is 26.3 Å². The van der Waals surface area contributed by atoms with Crippen molar-refractivity contribution in [1.29, 1.82) is 0 Å².